The number of carboxylic acid groups (broad SMARTS) is 1. The Morgan fingerprint density at radius 3 is 2.17 bits per heavy atom. The molecule has 0 fully saturated rings. The largest absolute Gasteiger partial charge is 0.507 e. The second-order valence-corrected chi connectivity index (χ2v) is 5.66. The average Bonchev–Trinajstić information content (AvgIpc) is 2.54. The van der Waals surface area contributed by atoms with E-state index >= 15 is 0 Å². The van der Waals surface area contributed by atoms with E-state index in [1.54, 1.807) is 6.07 Å². The van der Waals surface area contributed by atoms with Crippen molar-refractivity contribution in [1.82, 2.24) is 0 Å². The predicted molar refractivity (Wildman–Crippen MR) is 88.9 cm³/mol. The van der Waals surface area contributed by atoms with Gasteiger partial charge in [0.05, 0.1) is 0 Å². The predicted octanol–water partition coefficient (Wildman–Crippen LogP) is 3.19. The number of aromatic carboxylic acids is 1. The van der Waals surface area contributed by atoms with Crippen molar-refractivity contribution in [3.05, 3.63) is 64.7 Å². The van der Waals surface area contributed by atoms with Crippen molar-refractivity contribution in [2.24, 2.45) is 0 Å². The Bertz CT molecular complexity index is 664. The molecule has 0 aliphatic rings. The molecule has 0 bridgehead atoms. The molecule has 0 spiro atoms. The summed E-state index contributed by atoms with van der Waals surface area (Å²) in [5.41, 5.74) is 3.30. The van der Waals surface area contributed by atoms with Crippen LogP contribution in [0.25, 0.3) is 0 Å². The number of benzene rings is 2. The molecule has 0 atom stereocenters. The lowest BCUT2D eigenvalue weighted by Gasteiger charge is -2.07. The normalized spacial score (nSPS) is 10.7. The van der Waals surface area contributed by atoms with Crippen molar-refractivity contribution in [2.45, 2.75) is 32.1 Å². The van der Waals surface area contributed by atoms with E-state index in [9.17, 15) is 9.90 Å². The van der Waals surface area contributed by atoms with Gasteiger partial charge in [0, 0.05) is 6.61 Å². The quantitative estimate of drug-likeness (QED) is 0.654. The van der Waals surface area contributed by atoms with Crippen LogP contribution in [-0.2, 0) is 19.3 Å². The van der Waals surface area contributed by atoms with Crippen LogP contribution in [0.2, 0.25) is 0 Å². The zero-order chi connectivity index (χ0) is 16.7. The van der Waals surface area contributed by atoms with Crippen LogP contribution in [0, 0.1) is 0 Å². The summed E-state index contributed by atoms with van der Waals surface area (Å²) in [5.74, 6) is -1.32. The van der Waals surface area contributed by atoms with E-state index in [0.29, 0.717) is 0 Å². The Balaban J connectivity index is 1.99. The molecule has 0 aliphatic carbocycles. The molecule has 0 saturated carbocycles. The number of carboxylic acids is 1. The second kappa shape index (κ2) is 8.34. The minimum absolute atomic E-state index is 0.0553. The molecule has 122 valence electrons. The highest BCUT2D eigenvalue weighted by Gasteiger charge is 2.10. The van der Waals surface area contributed by atoms with Crippen LogP contribution in [0.3, 0.4) is 0 Å². The van der Waals surface area contributed by atoms with Gasteiger partial charge in [-0.25, -0.2) is 4.79 Å². The summed E-state index contributed by atoms with van der Waals surface area (Å²) in [6, 6.07) is 13.1. The van der Waals surface area contributed by atoms with Crippen molar-refractivity contribution in [3.8, 4) is 5.75 Å². The third kappa shape index (κ3) is 5.11. The first-order valence-corrected chi connectivity index (χ1v) is 7.84. The minimum Gasteiger partial charge on any atom is -0.507 e. The lowest BCUT2D eigenvalue weighted by atomic mass is 9.99. The minimum atomic E-state index is -1.12. The first-order chi connectivity index (χ1) is 11.1. The highest BCUT2D eigenvalue weighted by Crippen LogP contribution is 2.20. The van der Waals surface area contributed by atoms with Crippen LogP contribution >= 0.6 is 0 Å². The van der Waals surface area contributed by atoms with Gasteiger partial charge >= 0.3 is 5.97 Å². The molecule has 0 aromatic heterocycles. The zero-order valence-corrected chi connectivity index (χ0v) is 13.0. The van der Waals surface area contributed by atoms with Gasteiger partial charge in [-0.2, -0.15) is 0 Å². The Morgan fingerprint density at radius 2 is 1.52 bits per heavy atom. The van der Waals surface area contributed by atoms with Gasteiger partial charge in [-0.15, -0.1) is 0 Å². The number of aromatic hydroxyl groups is 1. The first kappa shape index (κ1) is 17.0. The van der Waals surface area contributed by atoms with E-state index in [0.717, 1.165) is 37.7 Å². The maximum atomic E-state index is 11.0. The number of hydrogen-bond acceptors (Lipinski definition) is 3. The van der Waals surface area contributed by atoms with Gasteiger partial charge in [-0.3, -0.25) is 0 Å². The number of aryl methyl sites for hydroxylation is 3. The summed E-state index contributed by atoms with van der Waals surface area (Å²) >= 11 is 0. The molecule has 2 aromatic rings. The molecule has 0 unspecified atom stereocenters. The molecule has 0 aliphatic heterocycles. The number of carbonyl (C=O) groups is 1. The summed E-state index contributed by atoms with van der Waals surface area (Å²) in [6.07, 6.45) is 4.28. The number of aliphatic hydroxyl groups excluding tert-OH is 1. The summed E-state index contributed by atoms with van der Waals surface area (Å²) in [7, 11) is 0. The molecular weight excluding hydrogens is 292 g/mol. The number of hydrogen-bond donors (Lipinski definition) is 3. The lowest BCUT2D eigenvalue weighted by Crippen LogP contribution is -1.99. The molecule has 0 saturated heterocycles. The molecule has 0 radical (unpaired) electrons. The van der Waals surface area contributed by atoms with Gasteiger partial charge < -0.3 is 15.3 Å². The Labute approximate surface area is 136 Å². The third-order valence-electron chi connectivity index (χ3n) is 3.86. The number of unbranched alkanes of at least 4 members (excludes halogenated alkanes) is 1. The monoisotopic (exact) mass is 314 g/mol. The van der Waals surface area contributed by atoms with Crippen molar-refractivity contribution >= 4 is 5.97 Å². The SMILES string of the molecule is O=C(O)c1cc(CCc2cccc(CCCCO)c2)ccc1O. The maximum Gasteiger partial charge on any atom is 0.339 e. The number of rotatable bonds is 8. The van der Waals surface area contributed by atoms with Gasteiger partial charge in [0.2, 0.25) is 0 Å². The summed E-state index contributed by atoms with van der Waals surface area (Å²) in [5, 5.41) is 27.4. The van der Waals surface area contributed by atoms with Crippen molar-refractivity contribution in [2.75, 3.05) is 6.61 Å². The topological polar surface area (TPSA) is 77.8 Å². The smallest absolute Gasteiger partial charge is 0.339 e. The van der Waals surface area contributed by atoms with E-state index in [1.165, 1.54) is 23.3 Å². The fraction of sp³-hybridized carbons (Fsp3) is 0.316. The van der Waals surface area contributed by atoms with Gasteiger partial charge in [-0.05, 0) is 60.9 Å². The standard InChI is InChI=1S/C19H22O4/c20-11-2-1-4-14-5-3-6-15(12-14)7-8-16-9-10-18(21)17(13-16)19(22)23/h3,5-6,9-10,12-13,20-21H,1-2,4,7-8,11H2,(H,22,23). The summed E-state index contributed by atoms with van der Waals surface area (Å²) < 4.78 is 0. The Hall–Kier alpha value is -2.33. The highest BCUT2D eigenvalue weighted by atomic mass is 16.4. The molecule has 4 nitrogen and oxygen atoms in total. The molecule has 3 N–H and O–H groups in total. The van der Waals surface area contributed by atoms with Gasteiger partial charge in [0.15, 0.2) is 0 Å². The van der Waals surface area contributed by atoms with Gasteiger partial charge in [-0.1, -0.05) is 30.3 Å². The van der Waals surface area contributed by atoms with Crippen LogP contribution in [-0.4, -0.2) is 27.9 Å². The molecule has 0 amide bonds. The second-order valence-electron chi connectivity index (χ2n) is 5.66. The van der Waals surface area contributed by atoms with Crippen molar-refractivity contribution < 1.29 is 20.1 Å². The van der Waals surface area contributed by atoms with Crippen LogP contribution in [0.15, 0.2) is 42.5 Å². The van der Waals surface area contributed by atoms with Crippen LogP contribution in [0.1, 0.15) is 39.9 Å². The molecule has 0 heterocycles. The molecule has 23 heavy (non-hydrogen) atoms. The van der Waals surface area contributed by atoms with E-state index < -0.39 is 5.97 Å². The lowest BCUT2D eigenvalue weighted by molar-refractivity contribution is 0.0693. The average molecular weight is 314 g/mol. The number of phenols is 1. The fourth-order valence-electron chi connectivity index (χ4n) is 2.58. The highest BCUT2D eigenvalue weighted by molar-refractivity contribution is 5.90. The van der Waals surface area contributed by atoms with Crippen LogP contribution < -0.4 is 0 Å². The first-order valence-electron chi connectivity index (χ1n) is 7.84. The Morgan fingerprint density at radius 1 is 0.870 bits per heavy atom. The van der Waals surface area contributed by atoms with Crippen molar-refractivity contribution in [1.29, 1.82) is 0 Å². The maximum absolute atomic E-state index is 11.0. The van der Waals surface area contributed by atoms with Gasteiger partial charge in [0.25, 0.3) is 0 Å². The zero-order valence-electron chi connectivity index (χ0n) is 13.0. The summed E-state index contributed by atoms with van der Waals surface area (Å²) in [4.78, 5) is 11.0. The summed E-state index contributed by atoms with van der Waals surface area (Å²) in [6.45, 7) is 0.229. The van der Waals surface area contributed by atoms with E-state index in [2.05, 4.69) is 18.2 Å². The molecular formula is C19H22O4. The van der Waals surface area contributed by atoms with Gasteiger partial charge in [0.1, 0.15) is 11.3 Å². The third-order valence-corrected chi connectivity index (χ3v) is 3.86. The fourth-order valence-corrected chi connectivity index (χ4v) is 2.58. The van der Waals surface area contributed by atoms with E-state index in [4.69, 9.17) is 10.2 Å². The Kier molecular flexibility index (Phi) is 6.18. The van der Waals surface area contributed by atoms with E-state index in [1.807, 2.05) is 6.07 Å². The van der Waals surface area contributed by atoms with Crippen LogP contribution in [0.4, 0.5) is 0 Å². The van der Waals surface area contributed by atoms with E-state index in [-0.39, 0.29) is 17.9 Å². The molecule has 2 aromatic carbocycles. The number of aliphatic hydroxyl groups is 1. The molecule has 2 rings (SSSR count). The van der Waals surface area contributed by atoms with Crippen molar-refractivity contribution in [3.63, 3.8) is 0 Å². The van der Waals surface area contributed by atoms with Crippen LogP contribution in [0.5, 0.6) is 5.75 Å². The molecule has 4 heteroatoms.